The minimum Gasteiger partial charge on any atom is -0.422 e. The van der Waals surface area contributed by atoms with Gasteiger partial charge in [-0.25, -0.2) is 9.78 Å². The van der Waals surface area contributed by atoms with Crippen LogP contribution in [0.4, 0.5) is 5.13 Å². The van der Waals surface area contributed by atoms with E-state index in [-0.39, 0.29) is 12.1 Å². The number of nitrogens with zero attached hydrogens (tertiary/aromatic N) is 3. The lowest BCUT2D eigenvalue weighted by Crippen LogP contribution is -2.33. The van der Waals surface area contributed by atoms with Gasteiger partial charge in [0.15, 0.2) is 5.13 Å². The van der Waals surface area contributed by atoms with Crippen LogP contribution in [0.25, 0.3) is 21.2 Å². The van der Waals surface area contributed by atoms with Gasteiger partial charge in [-0.05, 0) is 41.3 Å². The van der Waals surface area contributed by atoms with Gasteiger partial charge in [-0.1, -0.05) is 61.6 Å². The Balaban J connectivity index is 1.65. The zero-order chi connectivity index (χ0) is 22.9. The molecule has 0 saturated heterocycles. The summed E-state index contributed by atoms with van der Waals surface area (Å²) in [5.74, 6) is -0.165. The van der Waals surface area contributed by atoms with E-state index in [1.54, 1.807) is 30.6 Å². The first-order valence-electron chi connectivity index (χ1n) is 10.6. The third-order valence-electron chi connectivity index (χ3n) is 5.47. The quantitative estimate of drug-likeness (QED) is 0.315. The Morgan fingerprint density at radius 2 is 1.94 bits per heavy atom. The van der Waals surface area contributed by atoms with Crippen molar-refractivity contribution in [2.24, 2.45) is 0 Å². The minimum absolute atomic E-state index is 0.0269. The molecular formula is C26H21N3O3S. The summed E-state index contributed by atoms with van der Waals surface area (Å²) in [5, 5.41) is 1.22. The number of pyridine rings is 1. The first-order valence-corrected chi connectivity index (χ1v) is 11.5. The number of rotatable bonds is 5. The number of amides is 1. The van der Waals surface area contributed by atoms with E-state index in [0.717, 1.165) is 21.3 Å². The Morgan fingerprint density at radius 1 is 1.09 bits per heavy atom. The van der Waals surface area contributed by atoms with Gasteiger partial charge in [-0.2, -0.15) is 0 Å². The van der Waals surface area contributed by atoms with Gasteiger partial charge in [-0.3, -0.25) is 14.7 Å². The Kier molecular flexibility index (Phi) is 5.48. The number of aromatic nitrogens is 2. The van der Waals surface area contributed by atoms with Gasteiger partial charge in [0.25, 0.3) is 5.91 Å². The van der Waals surface area contributed by atoms with Gasteiger partial charge < -0.3 is 4.42 Å². The number of para-hydroxylation sites is 2. The smallest absolute Gasteiger partial charge is 0.349 e. The molecule has 0 radical (unpaired) electrons. The zero-order valence-corrected chi connectivity index (χ0v) is 19.0. The maximum atomic E-state index is 13.7. The number of hydrogen-bond donors (Lipinski definition) is 0. The summed E-state index contributed by atoms with van der Waals surface area (Å²) in [4.78, 5) is 37.0. The lowest BCUT2D eigenvalue weighted by atomic mass is 10.0. The molecule has 0 saturated carbocycles. The van der Waals surface area contributed by atoms with Gasteiger partial charge in [-0.15, -0.1) is 0 Å². The summed E-state index contributed by atoms with van der Waals surface area (Å²) >= 11 is 1.43. The van der Waals surface area contributed by atoms with Crippen LogP contribution in [0.3, 0.4) is 0 Å². The highest BCUT2D eigenvalue weighted by Crippen LogP contribution is 2.34. The fourth-order valence-electron chi connectivity index (χ4n) is 3.80. The predicted molar refractivity (Wildman–Crippen MR) is 131 cm³/mol. The molecule has 3 heterocycles. The molecule has 3 aromatic heterocycles. The Labute approximate surface area is 194 Å². The lowest BCUT2D eigenvalue weighted by Gasteiger charge is -2.19. The molecule has 1 amide bonds. The molecule has 33 heavy (non-hydrogen) atoms. The molecule has 0 aliphatic rings. The van der Waals surface area contributed by atoms with Crippen LogP contribution in [0.15, 0.2) is 82.3 Å². The summed E-state index contributed by atoms with van der Waals surface area (Å²) in [6.45, 7) is 4.47. The summed E-state index contributed by atoms with van der Waals surface area (Å²) in [5.41, 5.74) is 2.58. The van der Waals surface area contributed by atoms with Crippen molar-refractivity contribution in [1.29, 1.82) is 0 Å². The molecule has 5 aromatic rings. The number of thiazole rings is 1. The molecule has 0 atom stereocenters. The van der Waals surface area contributed by atoms with E-state index < -0.39 is 11.5 Å². The van der Waals surface area contributed by atoms with Crippen molar-refractivity contribution in [1.82, 2.24) is 9.97 Å². The van der Waals surface area contributed by atoms with E-state index in [2.05, 4.69) is 24.9 Å². The summed E-state index contributed by atoms with van der Waals surface area (Å²) in [6.07, 6.45) is 3.39. The van der Waals surface area contributed by atoms with Crippen LogP contribution in [-0.2, 0) is 6.54 Å². The fourth-order valence-corrected chi connectivity index (χ4v) is 4.79. The molecule has 0 bridgehead atoms. The second-order valence-electron chi connectivity index (χ2n) is 8.08. The summed E-state index contributed by atoms with van der Waals surface area (Å²) < 4.78 is 6.42. The van der Waals surface area contributed by atoms with Crippen molar-refractivity contribution in [2.75, 3.05) is 4.90 Å². The minimum atomic E-state index is -0.668. The monoisotopic (exact) mass is 455 g/mol. The number of carbonyl (C=O) groups excluding carboxylic acids is 1. The van der Waals surface area contributed by atoms with E-state index in [1.807, 2.05) is 36.4 Å². The molecule has 0 aliphatic carbocycles. The molecule has 0 spiro atoms. The highest BCUT2D eigenvalue weighted by Gasteiger charge is 2.26. The van der Waals surface area contributed by atoms with Crippen molar-refractivity contribution < 1.29 is 9.21 Å². The van der Waals surface area contributed by atoms with Crippen LogP contribution in [0, 0.1) is 0 Å². The summed E-state index contributed by atoms with van der Waals surface area (Å²) in [7, 11) is 0. The molecule has 0 fully saturated rings. The topological polar surface area (TPSA) is 76.3 Å². The van der Waals surface area contributed by atoms with Crippen LogP contribution in [0.1, 0.15) is 41.3 Å². The third-order valence-corrected chi connectivity index (χ3v) is 6.52. The van der Waals surface area contributed by atoms with Gasteiger partial charge in [0.1, 0.15) is 11.1 Å². The Bertz CT molecular complexity index is 1520. The molecule has 5 rings (SSSR count). The summed E-state index contributed by atoms with van der Waals surface area (Å²) in [6, 6.07) is 18.5. The third kappa shape index (κ3) is 4.03. The number of fused-ring (bicyclic) bond motifs is 2. The number of benzene rings is 2. The average Bonchev–Trinajstić information content (AvgIpc) is 3.26. The molecular weight excluding hydrogens is 434 g/mol. The van der Waals surface area contributed by atoms with Crippen molar-refractivity contribution in [3.05, 3.63) is 100 Å². The van der Waals surface area contributed by atoms with E-state index >= 15 is 0 Å². The fraction of sp³-hybridized carbons (Fsp3) is 0.154. The SMILES string of the molecule is CC(C)c1cccc2sc(N(Cc3cccnc3)C(=O)c3cc4ccccc4oc3=O)nc12. The van der Waals surface area contributed by atoms with E-state index in [0.29, 0.717) is 22.0 Å². The van der Waals surface area contributed by atoms with Crippen molar-refractivity contribution in [3.8, 4) is 0 Å². The number of hydrogen-bond acceptors (Lipinski definition) is 6. The van der Waals surface area contributed by atoms with Crippen LogP contribution >= 0.6 is 11.3 Å². The first-order chi connectivity index (χ1) is 16.0. The maximum Gasteiger partial charge on any atom is 0.349 e. The second-order valence-corrected chi connectivity index (χ2v) is 9.09. The van der Waals surface area contributed by atoms with Gasteiger partial charge >= 0.3 is 5.63 Å². The normalized spacial score (nSPS) is 11.4. The van der Waals surface area contributed by atoms with E-state index in [4.69, 9.17) is 9.40 Å². The van der Waals surface area contributed by atoms with Crippen molar-refractivity contribution >= 4 is 43.6 Å². The lowest BCUT2D eigenvalue weighted by molar-refractivity contribution is 0.0981. The van der Waals surface area contributed by atoms with Crippen LogP contribution < -0.4 is 10.5 Å². The van der Waals surface area contributed by atoms with E-state index in [1.165, 1.54) is 16.2 Å². The molecule has 6 nitrogen and oxygen atoms in total. The van der Waals surface area contributed by atoms with Crippen LogP contribution in [-0.4, -0.2) is 15.9 Å². The van der Waals surface area contributed by atoms with Crippen molar-refractivity contribution in [2.45, 2.75) is 26.3 Å². The first kappa shape index (κ1) is 21.0. The molecule has 0 unspecified atom stereocenters. The molecule has 2 aromatic carbocycles. The molecule has 164 valence electrons. The average molecular weight is 456 g/mol. The largest absolute Gasteiger partial charge is 0.422 e. The number of carbonyl (C=O) groups is 1. The zero-order valence-electron chi connectivity index (χ0n) is 18.2. The molecule has 0 N–H and O–H groups in total. The highest BCUT2D eigenvalue weighted by atomic mass is 32.1. The highest BCUT2D eigenvalue weighted by molar-refractivity contribution is 7.22. The van der Waals surface area contributed by atoms with Crippen LogP contribution in [0.2, 0.25) is 0 Å². The van der Waals surface area contributed by atoms with Crippen LogP contribution in [0.5, 0.6) is 0 Å². The molecule has 7 heteroatoms. The molecule has 0 aliphatic heterocycles. The number of anilines is 1. The Morgan fingerprint density at radius 3 is 2.73 bits per heavy atom. The van der Waals surface area contributed by atoms with Crippen molar-refractivity contribution in [3.63, 3.8) is 0 Å². The standard InChI is InChI=1S/C26H21N3O3S/c1-16(2)19-9-5-11-22-23(19)28-26(33-22)29(15-17-7-6-12-27-14-17)24(30)20-13-18-8-3-4-10-21(18)32-25(20)31/h3-14,16H,15H2,1-2H3. The maximum absolute atomic E-state index is 13.7. The Hall–Kier alpha value is -3.84. The second kappa shape index (κ2) is 8.60. The van der Waals surface area contributed by atoms with E-state index in [9.17, 15) is 9.59 Å². The van der Waals surface area contributed by atoms with Gasteiger partial charge in [0.05, 0.1) is 16.8 Å². The predicted octanol–water partition coefficient (Wildman–Crippen LogP) is 5.77. The van der Waals surface area contributed by atoms with Gasteiger partial charge in [0, 0.05) is 17.8 Å². The van der Waals surface area contributed by atoms with Gasteiger partial charge in [0.2, 0.25) is 0 Å².